The Morgan fingerprint density at radius 3 is 2.25 bits per heavy atom. The molecule has 132 valence electrons. The molecule has 0 saturated heterocycles. The maximum absolute atomic E-state index is 12.3. The monoisotopic (exact) mass is 330 g/mol. The number of carbonyl (C=O) groups is 1. The Morgan fingerprint density at radius 2 is 1.83 bits per heavy atom. The summed E-state index contributed by atoms with van der Waals surface area (Å²) < 4.78 is 0. The molecule has 1 aromatic carbocycles. The van der Waals surface area contributed by atoms with E-state index in [-0.39, 0.29) is 17.9 Å². The van der Waals surface area contributed by atoms with Crippen LogP contribution in [-0.4, -0.2) is 18.0 Å². The smallest absolute Gasteiger partial charge is 0.276 e. The van der Waals surface area contributed by atoms with Crippen molar-refractivity contribution in [3.8, 4) is 6.07 Å². The van der Waals surface area contributed by atoms with Crippen molar-refractivity contribution < 1.29 is 10.1 Å². The summed E-state index contributed by atoms with van der Waals surface area (Å²) in [6, 6.07) is 11.1. The lowest BCUT2D eigenvalue weighted by Gasteiger charge is -2.27. The number of nitriles is 1. The minimum Gasteiger partial charge on any atom is -0.333 e. The fourth-order valence-corrected chi connectivity index (χ4v) is 2.64. The molecule has 1 amide bonds. The molecule has 0 aliphatic carbocycles. The molecular formula is C20H32N3O+. The predicted molar refractivity (Wildman–Crippen MR) is 97.2 cm³/mol. The Labute approximate surface area is 146 Å². The number of nitrogens with one attached hydrogen (secondary N) is 1. The van der Waals surface area contributed by atoms with Crippen molar-refractivity contribution in [2.24, 2.45) is 11.8 Å². The second kappa shape index (κ2) is 8.84. The van der Waals surface area contributed by atoms with Crippen LogP contribution in [0.4, 0.5) is 0 Å². The Morgan fingerprint density at radius 1 is 1.25 bits per heavy atom. The van der Waals surface area contributed by atoms with Gasteiger partial charge in [-0.2, -0.15) is 5.26 Å². The summed E-state index contributed by atoms with van der Waals surface area (Å²) >= 11 is 0. The molecule has 3 N–H and O–H groups in total. The molecule has 0 radical (unpaired) electrons. The second-order valence-corrected chi connectivity index (χ2v) is 7.32. The van der Waals surface area contributed by atoms with Gasteiger partial charge < -0.3 is 10.6 Å². The zero-order valence-electron chi connectivity index (χ0n) is 15.9. The van der Waals surface area contributed by atoms with Gasteiger partial charge in [0.1, 0.15) is 11.6 Å². The van der Waals surface area contributed by atoms with Gasteiger partial charge in [0.15, 0.2) is 6.54 Å². The third-order valence-electron chi connectivity index (χ3n) is 4.83. The van der Waals surface area contributed by atoms with Gasteiger partial charge in [-0.05, 0) is 24.8 Å². The van der Waals surface area contributed by atoms with Crippen LogP contribution in [0.25, 0.3) is 0 Å². The Kier molecular flexibility index (Phi) is 7.44. The fourth-order valence-electron chi connectivity index (χ4n) is 2.64. The summed E-state index contributed by atoms with van der Waals surface area (Å²) in [6.07, 6.45) is 1.03. The SMILES string of the molecule is CCc1ccc([C@H]([NH2+]CC(=O)N[C@@](C)(C#N)C(C)C)C(C)C)cc1. The van der Waals surface area contributed by atoms with E-state index in [2.05, 4.69) is 61.7 Å². The van der Waals surface area contributed by atoms with Gasteiger partial charge in [-0.25, -0.2) is 0 Å². The average molecular weight is 330 g/mol. The van der Waals surface area contributed by atoms with Crippen LogP contribution in [-0.2, 0) is 11.2 Å². The first kappa shape index (κ1) is 20.2. The zero-order valence-corrected chi connectivity index (χ0v) is 15.9. The van der Waals surface area contributed by atoms with E-state index in [0.717, 1.165) is 6.42 Å². The quantitative estimate of drug-likeness (QED) is 0.769. The summed E-state index contributed by atoms with van der Waals surface area (Å²) in [4.78, 5) is 12.3. The third-order valence-corrected chi connectivity index (χ3v) is 4.83. The number of hydrogen-bond donors (Lipinski definition) is 2. The van der Waals surface area contributed by atoms with E-state index in [1.165, 1.54) is 11.1 Å². The molecule has 24 heavy (non-hydrogen) atoms. The number of rotatable bonds is 8. The maximum atomic E-state index is 12.3. The lowest BCUT2D eigenvalue weighted by Crippen LogP contribution is -2.88. The summed E-state index contributed by atoms with van der Waals surface area (Å²) in [5.74, 6) is 0.384. The molecule has 4 nitrogen and oxygen atoms in total. The summed E-state index contributed by atoms with van der Waals surface area (Å²) in [5.41, 5.74) is 1.74. The zero-order chi connectivity index (χ0) is 18.3. The van der Waals surface area contributed by atoms with Crippen LogP contribution in [0, 0.1) is 23.2 Å². The van der Waals surface area contributed by atoms with Crippen molar-refractivity contribution in [3.63, 3.8) is 0 Å². The Balaban J connectivity index is 2.73. The van der Waals surface area contributed by atoms with Crippen LogP contribution in [0.2, 0.25) is 0 Å². The number of nitrogens with zero attached hydrogens (tertiary/aromatic N) is 1. The molecular weight excluding hydrogens is 298 g/mol. The summed E-state index contributed by atoms with van der Waals surface area (Å²) in [7, 11) is 0. The molecule has 0 spiro atoms. The average Bonchev–Trinajstić information content (AvgIpc) is 2.54. The van der Waals surface area contributed by atoms with Gasteiger partial charge >= 0.3 is 0 Å². The lowest BCUT2D eigenvalue weighted by molar-refractivity contribution is -0.692. The number of quaternary nitrogens is 1. The lowest BCUT2D eigenvalue weighted by atomic mass is 9.90. The van der Waals surface area contributed by atoms with Gasteiger partial charge in [-0.3, -0.25) is 4.79 Å². The van der Waals surface area contributed by atoms with Gasteiger partial charge in [0.05, 0.1) is 6.07 Å². The molecule has 0 heterocycles. The van der Waals surface area contributed by atoms with Crippen molar-refractivity contribution in [1.29, 1.82) is 5.26 Å². The highest BCUT2D eigenvalue weighted by Gasteiger charge is 2.31. The van der Waals surface area contributed by atoms with Gasteiger partial charge in [-0.15, -0.1) is 0 Å². The number of hydrogen-bond acceptors (Lipinski definition) is 2. The molecule has 4 heteroatoms. The molecule has 0 fully saturated rings. The molecule has 0 aliphatic rings. The largest absolute Gasteiger partial charge is 0.333 e. The van der Waals surface area contributed by atoms with E-state index in [0.29, 0.717) is 12.5 Å². The highest BCUT2D eigenvalue weighted by molar-refractivity contribution is 5.78. The van der Waals surface area contributed by atoms with Gasteiger partial charge in [-0.1, -0.05) is 58.9 Å². The fraction of sp³-hybridized carbons (Fsp3) is 0.600. The minimum absolute atomic E-state index is 0.0638. The standard InChI is InChI=1S/C20H31N3O/c1-7-16-8-10-17(11-9-16)19(14(2)3)22-12-18(24)23-20(6,13-21)15(4)5/h8-11,14-15,19,22H,7,12H2,1-6H3,(H,23,24)/p+1/t19-,20+/m1/s1. The van der Waals surface area contributed by atoms with Crippen LogP contribution in [0.3, 0.4) is 0 Å². The summed E-state index contributed by atoms with van der Waals surface area (Å²) in [6.45, 7) is 12.5. The van der Waals surface area contributed by atoms with Gasteiger partial charge in [0.2, 0.25) is 0 Å². The number of amides is 1. The first-order valence-corrected chi connectivity index (χ1v) is 8.87. The van der Waals surface area contributed by atoms with E-state index in [9.17, 15) is 10.1 Å². The van der Waals surface area contributed by atoms with E-state index in [1.807, 2.05) is 13.8 Å². The maximum Gasteiger partial charge on any atom is 0.276 e. The normalized spacial score (nSPS) is 15.0. The highest BCUT2D eigenvalue weighted by atomic mass is 16.2. The van der Waals surface area contributed by atoms with Gasteiger partial charge in [0.25, 0.3) is 5.91 Å². The van der Waals surface area contributed by atoms with Crippen LogP contribution < -0.4 is 10.6 Å². The minimum atomic E-state index is -0.818. The predicted octanol–water partition coefficient (Wildman–Crippen LogP) is 2.56. The molecule has 1 aromatic rings. The van der Waals surface area contributed by atoms with Crippen molar-refractivity contribution >= 4 is 5.91 Å². The Hall–Kier alpha value is -1.86. The van der Waals surface area contributed by atoms with E-state index < -0.39 is 5.54 Å². The first-order chi connectivity index (χ1) is 11.2. The number of nitrogens with two attached hydrogens (primary N) is 1. The van der Waals surface area contributed by atoms with Crippen LogP contribution in [0.5, 0.6) is 0 Å². The number of aryl methyl sites for hydroxylation is 1. The second-order valence-electron chi connectivity index (χ2n) is 7.32. The van der Waals surface area contributed by atoms with Crippen molar-refractivity contribution in [3.05, 3.63) is 35.4 Å². The summed E-state index contributed by atoms with van der Waals surface area (Å²) in [5, 5.41) is 14.3. The molecule has 1 rings (SSSR count). The van der Waals surface area contributed by atoms with Gasteiger partial charge in [0, 0.05) is 11.5 Å². The van der Waals surface area contributed by atoms with E-state index in [4.69, 9.17) is 0 Å². The first-order valence-electron chi connectivity index (χ1n) is 8.87. The van der Waals surface area contributed by atoms with Crippen molar-refractivity contribution in [1.82, 2.24) is 5.32 Å². The molecule has 0 aliphatic heterocycles. The molecule has 2 atom stereocenters. The van der Waals surface area contributed by atoms with E-state index >= 15 is 0 Å². The van der Waals surface area contributed by atoms with Crippen LogP contribution in [0.1, 0.15) is 58.7 Å². The van der Waals surface area contributed by atoms with Crippen molar-refractivity contribution in [2.45, 2.75) is 59.5 Å². The number of benzene rings is 1. The van der Waals surface area contributed by atoms with Crippen LogP contribution >= 0.6 is 0 Å². The van der Waals surface area contributed by atoms with Crippen molar-refractivity contribution in [2.75, 3.05) is 6.54 Å². The molecule has 0 bridgehead atoms. The molecule has 0 saturated carbocycles. The van der Waals surface area contributed by atoms with Crippen LogP contribution in [0.15, 0.2) is 24.3 Å². The topological polar surface area (TPSA) is 69.5 Å². The third kappa shape index (κ3) is 5.35. The molecule has 0 unspecified atom stereocenters. The van der Waals surface area contributed by atoms with E-state index in [1.54, 1.807) is 6.92 Å². The number of carbonyl (C=O) groups excluding carboxylic acids is 1. The Bertz CT molecular complexity index is 572. The highest BCUT2D eigenvalue weighted by Crippen LogP contribution is 2.18. The molecule has 0 aromatic heterocycles.